The highest BCUT2D eigenvalue weighted by molar-refractivity contribution is 5.97. The van der Waals surface area contributed by atoms with Gasteiger partial charge in [-0.2, -0.15) is 5.26 Å². The Hall–Kier alpha value is -3.28. The summed E-state index contributed by atoms with van der Waals surface area (Å²) in [5.74, 6) is 0.562. The van der Waals surface area contributed by atoms with E-state index in [0.717, 1.165) is 56.9 Å². The van der Waals surface area contributed by atoms with Gasteiger partial charge in [0.15, 0.2) is 0 Å². The molecule has 0 unspecified atom stereocenters. The van der Waals surface area contributed by atoms with Crippen molar-refractivity contribution in [1.82, 2.24) is 9.80 Å². The first-order valence-electron chi connectivity index (χ1n) is 10.5. The molecule has 1 saturated heterocycles. The lowest BCUT2D eigenvalue weighted by molar-refractivity contribution is 0.153. The molecule has 1 aliphatic rings. The molecule has 0 amide bonds. The van der Waals surface area contributed by atoms with E-state index >= 15 is 0 Å². The van der Waals surface area contributed by atoms with Gasteiger partial charge in [-0.15, -0.1) is 5.11 Å². The van der Waals surface area contributed by atoms with Crippen molar-refractivity contribution in [2.24, 2.45) is 21.1 Å². The smallest absolute Gasteiger partial charge is 0.125 e. The second-order valence-electron chi connectivity index (χ2n) is 7.68. The molecule has 0 aliphatic carbocycles. The number of hydrogen-bond donors (Lipinski definition) is 1. The average molecular weight is 419 g/mol. The maximum Gasteiger partial charge on any atom is 0.125 e. The first-order chi connectivity index (χ1) is 15.0. The third kappa shape index (κ3) is 6.88. The number of amidine groups is 1. The lowest BCUT2D eigenvalue weighted by Gasteiger charge is -2.32. The second-order valence-corrected chi connectivity index (χ2v) is 7.68. The summed E-state index contributed by atoms with van der Waals surface area (Å²) < 4.78 is 0. The van der Waals surface area contributed by atoms with Gasteiger partial charge in [0, 0.05) is 45.3 Å². The van der Waals surface area contributed by atoms with Gasteiger partial charge in [-0.25, -0.2) is 5.01 Å². The Morgan fingerprint density at radius 1 is 1.06 bits per heavy atom. The third-order valence-corrected chi connectivity index (χ3v) is 5.34. The molecule has 2 aromatic carbocycles. The SMILES string of the molecule is CN1CCN(CCCN=C(N)c2ccc(N(C)N=Nc3ccc(C#N)cc3)cc2)CC1. The normalized spacial score (nSPS) is 15.8. The molecule has 0 aromatic heterocycles. The molecule has 0 radical (unpaired) electrons. The molecular formula is C23H30N8. The van der Waals surface area contributed by atoms with E-state index in [1.165, 1.54) is 0 Å². The first-order valence-corrected chi connectivity index (χ1v) is 10.5. The first kappa shape index (κ1) is 22.4. The third-order valence-electron chi connectivity index (χ3n) is 5.34. The van der Waals surface area contributed by atoms with Crippen molar-refractivity contribution < 1.29 is 0 Å². The number of nitriles is 1. The lowest BCUT2D eigenvalue weighted by Crippen LogP contribution is -2.44. The second kappa shape index (κ2) is 11.2. The number of aliphatic imine (C=N–C) groups is 1. The van der Waals surface area contributed by atoms with Gasteiger partial charge in [0.1, 0.15) is 5.84 Å². The van der Waals surface area contributed by atoms with Crippen LogP contribution in [-0.4, -0.2) is 69.0 Å². The topological polar surface area (TPSA) is 96.6 Å². The monoisotopic (exact) mass is 418 g/mol. The van der Waals surface area contributed by atoms with Gasteiger partial charge in [0.2, 0.25) is 0 Å². The predicted molar refractivity (Wildman–Crippen MR) is 125 cm³/mol. The van der Waals surface area contributed by atoms with Crippen molar-refractivity contribution in [2.75, 3.05) is 58.4 Å². The minimum Gasteiger partial charge on any atom is -0.384 e. The van der Waals surface area contributed by atoms with Gasteiger partial charge >= 0.3 is 0 Å². The van der Waals surface area contributed by atoms with E-state index in [9.17, 15) is 0 Å². The van der Waals surface area contributed by atoms with Crippen LogP contribution in [0.3, 0.4) is 0 Å². The van der Waals surface area contributed by atoms with Crippen molar-refractivity contribution in [2.45, 2.75) is 6.42 Å². The zero-order valence-corrected chi connectivity index (χ0v) is 18.3. The number of piperazine rings is 1. The summed E-state index contributed by atoms with van der Waals surface area (Å²) >= 11 is 0. The van der Waals surface area contributed by atoms with E-state index in [1.54, 1.807) is 29.3 Å². The Bertz CT molecular complexity index is 920. The molecule has 8 heteroatoms. The number of benzene rings is 2. The highest BCUT2D eigenvalue weighted by Crippen LogP contribution is 2.18. The van der Waals surface area contributed by atoms with Crippen molar-refractivity contribution in [3.05, 3.63) is 59.7 Å². The molecule has 31 heavy (non-hydrogen) atoms. The molecule has 8 nitrogen and oxygen atoms in total. The van der Waals surface area contributed by atoms with Crippen LogP contribution < -0.4 is 10.7 Å². The van der Waals surface area contributed by atoms with Crippen molar-refractivity contribution >= 4 is 17.2 Å². The Labute approximate surface area is 184 Å². The highest BCUT2D eigenvalue weighted by atomic mass is 15.5. The molecule has 1 heterocycles. The zero-order valence-electron chi connectivity index (χ0n) is 18.3. The van der Waals surface area contributed by atoms with E-state index in [2.05, 4.69) is 38.2 Å². The van der Waals surface area contributed by atoms with E-state index in [-0.39, 0.29) is 0 Å². The van der Waals surface area contributed by atoms with Crippen LogP contribution in [0.1, 0.15) is 17.5 Å². The number of nitrogens with zero attached hydrogens (tertiary/aromatic N) is 7. The van der Waals surface area contributed by atoms with Gasteiger partial charge in [-0.05, 0) is 68.5 Å². The van der Waals surface area contributed by atoms with Crippen molar-refractivity contribution in [3.8, 4) is 6.07 Å². The summed E-state index contributed by atoms with van der Waals surface area (Å²) in [6, 6.07) is 16.8. The van der Waals surface area contributed by atoms with Crippen LogP contribution in [0.15, 0.2) is 63.9 Å². The zero-order chi connectivity index (χ0) is 22.1. The Balaban J connectivity index is 1.48. The van der Waals surface area contributed by atoms with Gasteiger partial charge in [0.25, 0.3) is 0 Å². The number of hydrogen-bond acceptors (Lipinski definition) is 6. The van der Waals surface area contributed by atoms with E-state index in [0.29, 0.717) is 17.1 Å². The Morgan fingerprint density at radius 2 is 1.74 bits per heavy atom. The average Bonchev–Trinajstić information content (AvgIpc) is 2.81. The van der Waals surface area contributed by atoms with Crippen molar-refractivity contribution in [1.29, 1.82) is 5.26 Å². The Morgan fingerprint density at radius 3 is 2.39 bits per heavy atom. The van der Waals surface area contributed by atoms with Crippen LogP contribution >= 0.6 is 0 Å². The van der Waals surface area contributed by atoms with E-state index < -0.39 is 0 Å². The summed E-state index contributed by atoms with van der Waals surface area (Å²) in [6.45, 7) is 6.34. The highest BCUT2D eigenvalue weighted by Gasteiger charge is 2.12. The van der Waals surface area contributed by atoms with Crippen molar-refractivity contribution in [3.63, 3.8) is 0 Å². The maximum atomic E-state index is 8.85. The summed E-state index contributed by atoms with van der Waals surface area (Å²) in [5, 5.41) is 18.9. The predicted octanol–water partition coefficient (Wildman–Crippen LogP) is 3.04. The number of likely N-dealkylation sites (N-methyl/N-ethyl adjacent to an activating group) is 1. The van der Waals surface area contributed by atoms with Crippen LogP contribution in [-0.2, 0) is 0 Å². The molecule has 3 rings (SSSR count). The minimum atomic E-state index is 0.562. The fourth-order valence-corrected chi connectivity index (χ4v) is 3.28. The van der Waals surface area contributed by atoms with Gasteiger partial charge in [0.05, 0.1) is 23.0 Å². The molecule has 0 saturated carbocycles. The summed E-state index contributed by atoms with van der Waals surface area (Å²) in [6.07, 6.45) is 1.01. The molecule has 0 atom stereocenters. The quantitative estimate of drug-likeness (QED) is 0.234. The molecule has 1 fully saturated rings. The van der Waals surface area contributed by atoms with Crippen LogP contribution in [0.4, 0.5) is 11.4 Å². The van der Waals surface area contributed by atoms with Crippen LogP contribution in [0.2, 0.25) is 0 Å². The summed E-state index contributed by atoms with van der Waals surface area (Å²) in [7, 11) is 4.00. The van der Waals surface area contributed by atoms with Gasteiger partial charge in [-0.1, -0.05) is 5.22 Å². The molecule has 0 bridgehead atoms. The summed E-state index contributed by atoms with van der Waals surface area (Å²) in [4.78, 5) is 9.39. The van der Waals surface area contributed by atoms with Gasteiger partial charge < -0.3 is 15.5 Å². The van der Waals surface area contributed by atoms with Crippen LogP contribution in [0.5, 0.6) is 0 Å². The minimum absolute atomic E-state index is 0.562. The lowest BCUT2D eigenvalue weighted by atomic mass is 10.2. The molecule has 162 valence electrons. The molecule has 2 N–H and O–H groups in total. The van der Waals surface area contributed by atoms with Crippen LogP contribution in [0, 0.1) is 11.3 Å². The summed E-state index contributed by atoms with van der Waals surface area (Å²) in [5.41, 5.74) is 9.25. The molecule has 2 aromatic rings. The van der Waals surface area contributed by atoms with E-state index in [4.69, 9.17) is 11.0 Å². The fourth-order valence-electron chi connectivity index (χ4n) is 3.28. The standard InChI is InChI=1S/C23H30N8/c1-29-14-16-31(17-15-29)13-3-12-26-23(25)20-6-10-22(11-7-20)30(2)28-27-21-8-4-19(18-24)5-9-21/h4-11H,3,12-17H2,1-2H3,(H2,25,26). The number of nitrogens with two attached hydrogens (primary N) is 1. The Kier molecular flexibility index (Phi) is 8.10. The van der Waals surface area contributed by atoms with E-state index in [1.807, 2.05) is 31.3 Å². The van der Waals surface area contributed by atoms with Gasteiger partial charge in [-0.3, -0.25) is 4.99 Å². The molecular weight excluding hydrogens is 388 g/mol. The number of anilines is 1. The number of rotatable bonds is 8. The largest absolute Gasteiger partial charge is 0.384 e. The fraction of sp³-hybridized carbons (Fsp3) is 0.391. The maximum absolute atomic E-state index is 8.85. The molecule has 0 spiro atoms. The van der Waals surface area contributed by atoms with Crippen LogP contribution in [0.25, 0.3) is 0 Å². The molecule has 1 aliphatic heterocycles.